The van der Waals surface area contributed by atoms with Gasteiger partial charge in [-0.15, -0.1) is 0 Å². The van der Waals surface area contributed by atoms with Crippen molar-refractivity contribution in [2.24, 2.45) is 0 Å². The third kappa shape index (κ3) is 2.63. The molecule has 2 rings (SSSR count). The number of rotatable bonds is 3. The van der Waals surface area contributed by atoms with E-state index in [1.807, 2.05) is 0 Å². The Balaban J connectivity index is 2.53. The third-order valence-electron chi connectivity index (χ3n) is 3.07. The minimum atomic E-state index is -1.37. The highest BCUT2D eigenvalue weighted by Crippen LogP contribution is 2.33. The molecule has 8 nitrogen and oxygen atoms in total. The summed E-state index contributed by atoms with van der Waals surface area (Å²) < 4.78 is 5.30. The van der Waals surface area contributed by atoms with Crippen molar-refractivity contribution in [3.05, 3.63) is 37.1 Å². The van der Waals surface area contributed by atoms with E-state index in [-0.39, 0.29) is 11.3 Å². The summed E-state index contributed by atoms with van der Waals surface area (Å²) in [4.78, 5) is 29.0. The van der Waals surface area contributed by atoms with Gasteiger partial charge in [-0.2, -0.15) is 0 Å². The van der Waals surface area contributed by atoms with Crippen LogP contribution >= 0.6 is 15.9 Å². The first-order chi connectivity index (χ1) is 9.49. The van der Waals surface area contributed by atoms with Crippen LogP contribution < -0.4 is 11.2 Å². The summed E-state index contributed by atoms with van der Waals surface area (Å²) in [5.41, 5.74) is -1.29. The predicted octanol–water partition coefficient (Wildman–Crippen LogP) is -1.42. The molecule has 0 spiro atoms. The summed E-state index contributed by atoms with van der Waals surface area (Å²) in [6, 6.07) is 0. The Hall–Kier alpha value is -1.26. The zero-order chi connectivity index (χ0) is 14.9. The lowest BCUT2D eigenvalue weighted by atomic mass is 10.0. The van der Waals surface area contributed by atoms with Crippen molar-refractivity contribution in [3.63, 3.8) is 0 Å². The minimum absolute atomic E-state index is 0.0388. The topological polar surface area (TPSA) is 136 Å². The smallest absolute Gasteiger partial charge is 0.326 e. The molecule has 0 unspecified atom stereocenters. The number of aromatic nitrogens is 2. The van der Waals surface area contributed by atoms with E-state index in [2.05, 4.69) is 25.9 Å². The summed E-state index contributed by atoms with van der Waals surface area (Å²) in [7, 11) is 0. The molecule has 0 amide bonds. The highest BCUT2D eigenvalue weighted by Gasteiger charge is 2.44. The second kappa shape index (κ2) is 6.02. The van der Waals surface area contributed by atoms with Crippen LogP contribution in [0.2, 0.25) is 0 Å². The van der Waals surface area contributed by atoms with Crippen molar-refractivity contribution in [3.8, 4) is 0 Å². The van der Waals surface area contributed by atoms with E-state index in [1.54, 1.807) is 0 Å². The van der Waals surface area contributed by atoms with Crippen LogP contribution in [0.4, 0.5) is 0 Å². The number of aliphatic hydroxyl groups is 3. The monoisotopic (exact) mass is 348 g/mol. The van der Waals surface area contributed by atoms with Gasteiger partial charge in [0.1, 0.15) is 24.4 Å². The van der Waals surface area contributed by atoms with E-state index in [0.717, 1.165) is 0 Å². The molecular weight excluding hydrogens is 336 g/mol. The molecule has 0 saturated carbocycles. The van der Waals surface area contributed by atoms with Crippen molar-refractivity contribution in [1.29, 1.82) is 0 Å². The molecule has 1 aromatic rings. The molecule has 5 N–H and O–H groups in total. The van der Waals surface area contributed by atoms with Crippen molar-refractivity contribution in [2.75, 3.05) is 6.61 Å². The zero-order valence-corrected chi connectivity index (χ0v) is 11.7. The number of aromatic amines is 2. The first-order valence-corrected chi connectivity index (χ1v) is 6.67. The number of H-pyrrole nitrogens is 2. The Bertz CT molecular complexity index is 624. The molecule has 20 heavy (non-hydrogen) atoms. The normalized spacial score (nSPS) is 30.2. The van der Waals surface area contributed by atoms with E-state index in [0.29, 0.717) is 0 Å². The standard InChI is InChI=1S/C11H13BrN2O6/c12-2-1-4-6(13-11(19)14-10(4)18)9-8(17)7(16)5(3-15)20-9/h1-2,5,7-9,15-17H,3H2,(H2,13,14,18,19)/t5-,7-,8+,9+/m1/s1. The van der Waals surface area contributed by atoms with Gasteiger partial charge in [0.15, 0.2) is 0 Å². The molecule has 2 heterocycles. The lowest BCUT2D eigenvalue weighted by Crippen LogP contribution is -2.34. The fourth-order valence-electron chi connectivity index (χ4n) is 2.10. The Morgan fingerprint density at radius 3 is 2.50 bits per heavy atom. The van der Waals surface area contributed by atoms with Gasteiger partial charge in [0.25, 0.3) is 5.56 Å². The fourth-order valence-corrected chi connectivity index (χ4v) is 2.37. The van der Waals surface area contributed by atoms with E-state index in [1.165, 1.54) is 11.1 Å². The van der Waals surface area contributed by atoms with Crippen LogP contribution in [-0.2, 0) is 4.74 Å². The Morgan fingerprint density at radius 1 is 1.25 bits per heavy atom. The number of aliphatic hydroxyl groups excluding tert-OH is 3. The lowest BCUT2D eigenvalue weighted by Gasteiger charge is -2.16. The average Bonchev–Trinajstić information content (AvgIpc) is 2.69. The average molecular weight is 349 g/mol. The van der Waals surface area contributed by atoms with Gasteiger partial charge < -0.3 is 25.0 Å². The van der Waals surface area contributed by atoms with Gasteiger partial charge in [-0.25, -0.2) is 4.79 Å². The summed E-state index contributed by atoms with van der Waals surface area (Å²) in [6.07, 6.45) is -3.41. The van der Waals surface area contributed by atoms with E-state index < -0.39 is 42.3 Å². The molecule has 1 aromatic heterocycles. The van der Waals surface area contributed by atoms with E-state index in [4.69, 9.17) is 9.84 Å². The molecular formula is C11H13BrN2O6. The van der Waals surface area contributed by atoms with Gasteiger partial charge in [-0.05, 0) is 11.1 Å². The highest BCUT2D eigenvalue weighted by molar-refractivity contribution is 9.11. The minimum Gasteiger partial charge on any atom is -0.394 e. The van der Waals surface area contributed by atoms with Crippen LogP contribution in [0.5, 0.6) is 0 Å². The maximum absolute atomic E-state index is 11.8. The van der Waals surface area contributed by atoms with Crippen LogP contribution in [0.15, 0.2) is 14.6 Å². The van der Waals surface area contributed by atoms with Crippen LogP contribution in [0.25, 0.3) is 6.08 Å². The Kier molecular flexibility index (Phi) is 4.55. The maximum Gasteiger partial charge on any atom is 0.326 e. The summed E-state index contributed by atoms with van der Waals surface area (Å²) in [5.74, 6) is 0. The van der Waals surface area contributed by atoms with Gasteiger partial charge in [0.2, 0.25) is 0 Å². The van der Waals surface area contributed by atoms with E-state index >= 15 is 0 Å². The number of nitrogens with one attached hydrogen (secondary N) is 2. The predicted molar refractivity (Wildman–Crippen MR) is 72.4 cm³/mol. The number of halogens is 1. The third-order valence-corrected chi connectivity index (χ3v) is 3.33. The summed E-state index contributed by atoms with van der Waals surface area (Å²) in [5, 5.41) is 28.7. The molecule has 1 saturated heterocycles. The van der Waals surface area contributed by atoms with Crippen molar-refractivity contribution in [2.45, 2.75) is 24.4 Å². The van der Waals surface area contributed by atoms with Crippen LogP contribution in [-0.4, -0.2) is 50.2 Å². The SMILES string of the molecule is O=c1[nH]c([C@@H]2O[C@H](CO)[C@@H](O)[C@@H]2O)c(C=CBr)c(=O)[nH]1. The van der Waals surface area contributed by atoms with Crippen molar-refractivity contribution < 1.29 is 20.1 Å². The Morgan fingerprint density at radius 2 is 1.95 bits per heavy atom. The van der Waals surface area contributed by atoms with Crippen LogP contribution in [0.3, 0.4) is 0 Å². The molecule has 1 aliphatic rings. The zero-order valence-electron chi connectivity index (χ0n) is 10.1. The molecule has 0 aromatic carbocycles. The number of hydrogen-bond donors (Lipinski definition) is 5. The number of ether oxygens (including phenoxy) is 1. The van der Waals surface area contributed by atoms with Crippen molar-refractivity contribution in [1.82, 2.24) is 9.97 Å². The molecule has 4 atom stereocenters. The summed E-state index contributed by atoms with van der Waals surface area (Å²) >= 11 is 3.02. The second-order valence-electron chi connectivity index (χ2n) is 4.29. The van der Waals surface area contributed by atoms with Gasteiger partial charge >= 0.3 is 5.69 Å². The molecule has 0 bridgehead atoms. The molecule has 110 valence electrons. The second-order valence-corrected chi connectivity index (χ2v) is 4.82. The van der Waals surface area contributed by atoms with Crippen molar-refractivity contribution >= 4 is 22.0 Å². The first kappa shape index (κ1) is 15.1. The molecule has 0 radical (unpaired) electrons. The maximum atomic E-state index is 11.8. The largest absolute Gasteiger partial charge is 0.394 e. The molecule has 1 aliphatic heterocycles. The molecule has 0 aliphatic carbocycles. The van der Waals surface area contributed by atoms with Crippen LogP contribution in [0, 0.1) is 0 Å². The number of hydrogen-bond acceptors (Lipinski definition) is 6. The fraction of sp³-hybridized carbons (Fsp3) is 0.455. The highest BCUT2D eigenvalue weighted by atomic mass is 79.9. The molecule has 9 heteroatoms. The van der Waals surface area contributed by atoms with Gasteiger partial charge in [-0.1, -0.05) is 15.9 Å². The van der Waals surface area contributed by atoms with Crippen LogP contribution in [0.1, 0.15) is 17.4 Å². The lowest BCUT2D eigenvalue weighted by molar-refractivity contribution is -0.0241. The Labute approximate surface area is 120 Å². The molecule has 1 fully saturated rings. The quantitative estimate of drug-likeness (QED) is 0.455. The first-order valence-electron chi connectivity index (χ1n) is 5.75. The van der Waals surface area contributed by atoms with Gasteiger partial charge in [0.05, 0.1) is 17.9 Å². The van der Waals surface area contributed by atoms with Gasteiger partial charge in [-0.3, -0.25) is 9.78 Å². The van der Waals surface area contributed by atoms with E-state index in [9.17, 15) is 19.8 Å². The van der Waals surface area contributed by atoms with Gasteiger partial charge in [0, 0.05) is 0 Å². The summed E-state index contributed by atoms with van der Waals surface area (Å²) in [6.45, 7) is -0.494.